The van der Waals surface area contributed by atoms with Crippen LogP contribution in [0.4, 0.5) is 10.1 Å². The van der Waals surface area contributed by atoms with Crippen LogP contribution in [-0.2, 0) is 0 Å². The molecule has 1 amide bonds. The van der Waals surface area contributed by atoms with E-state index < -0.39 is 16.6 Å². The van der Waals surface area contributed by atoms with Crippen LogP contribution in [0.25, 0.3) is 0 Å². The van der Waals surface area contributed by atoms with Crippen molar-refractivity contribution >= 4 is 11.6 Å². The molecule has 0 spiro atoms. The second-order valence-corrected chi connectivity index (χ2v) is 4.57. The number of halogens is 1. The normalized spacial score (nSPS) is 10.6. The minimum Gasteiger partial charge on any atom is -0.336 e. The van der Waals surface area contributed by atoms with Crippen LogP contribution in [0.1, 0.15) is 36.7 Å². The molecule has 1 aromatic carbocycles. The zero-order valence-electron chi connectivity index (χ0n) is 11.4. The molecule has 1 rings (SSSR count). The van der Waals surface area contributed by atoms with E-state index in [1.54, 1.807) is 6.92 Å². The zero-order valence-corrected chi connectivity index (χ0v) is 11.4. The Balaban J connectivity index is 3.33. The van der Waals surface area contributed by atoms with Gasteiger partial charge in [0.1, 0.15) is 5.82 Å². The second-order valence-electron chi connectivity index (χ2n) is 4.57. The molecular formula is C13H17FN2O3. The molecule has 1 aromatic rings. The summed E-state index contributed by atoms with van der Waals surface area (Å²) in [5.74, 6) is -1.23. The first-order valence-corrected chi connectivity index (χ1v) is 6.05. The van der Waals surface area contributed by atoms with Crippen molar-refractivity contribution in [3.63, 3.8) is 0 Å². The summed E-state index contributed by atoms with van der Waals surface area (Å²) < 4.78 is 14.0. The second kappa shape index (κ2) is 5.77. The highest BCUT2D eigenvalue weighted by atomic mass is 19.1. The fourth-order valence-electron chi connectivity index (χ4n) is 1.91. The third-order valence-electron chi connectivity index (χ3n) is 2.91. The summed E-state index contributed by atoms with van der Waals surface area (Å²) in [4.78, 5) is 23.8. The molecule has 0 saturated carbocycles. The van der Waals surface area contributed by atoms with Gasteiger partial charge in [-0.1, -0.05) is 0 Å². The van der Waals surface area contributed by atoms with Crippen molar-refractivity contribution in [1.29, 1.82) is 0 Å². The van der Waals surface area contributed by atoms with E-state index in [4.69, 9.17) is 0 Å². The number of amides is 1. The van der Waals surface area contributed by atoms with Crippen LogP contribution in [0.5, 0.6) is 0 Å². The molecule has 0 aliphatic heterocycles. The van der Waals surface area contributed by atoms with Gasteiger partial charge in [0.25, 0.3) is 11.6 Å². The summed E-state index contributed by atoms with van der Waals surface area (Å²) in [5, 5.41) is 10.8. The van der Waals surface area contributed by atoms with E-state index in [9.17, 15) is 19.3 Å². The fraction of sp³-hybridized carbons (Fsp3) is 0.462. The lowest BCUT2D eigenvalue weighted by Gasteiger charge is -2.25. The van der Waals surface area contributed by atoms with Gasteiger partial charge in [-0.3, -0.25) is 14.9 Å². The van der Waals surface area contributed by atoms with Crippen molar-refractivity contribution in [2.75, 3.05) is 6.54 Å². The van der Waals surface area contributed by atoms with Gasteiger partial charge in [0, 0.05) is 24.7 Å². The van der Waals surface area contributed by atoms with Crippen LogP contribution in [0, 0.1) is 22.9 Å². The lowest BCUT2D eigenvalue weighted by Crippen LogP contribution is -2.37. The molecule has 104 valence electrons. The van der Waals surface area contributed by atoms with E-state index >= 15 is 0 Å². The first-order chi connectivity index (χ1) is 8.79. The lowest BCUT2D eigenvalue weighted by atomic mass is 10.1. The third kappa shape index (κ3) is 3.07. The Labute approximate surface area is 111 Å². The monoisotopic (exact) mass is 268 g/mol. The number of non-ortho nitro benzene ring substituents is 1. The Bertz CT molecular complexity index is 515. The number of rotatable bonds is 4. The highest BCUT2D eigenvalue weighted by Crippen LogP contribution is 2.22. The highest BCUT2D eigenvalue weighted by molar-refractivity contribution is 5.95. The molecule has 6 heteroatoms. The van der Waals surface area contributed by atoms with E-state index in [2.05, 4.69) is 0 Å². The van der Waals surface area contributed by atoms with E-state index in [1.807, 2.05) is 13.8 Å². The maximum Gasteiger partial charge on any atom is 0.270 e. The number of benzene rings is 1. The Kier molecular flexibility index (Phi) is 4.58. The number of aryl methyl sites for hydroxylation is 1. The van der Waals surface area contributed by atoms with E-state index in [0.717, 1.165) is 12.1 Å². The smallest absolute Gasteiger partial charge is 0.270 e. The topological polar surface area (TPSA) is 63.5 Å². The van der Waals surface area contributed by atoms with Gasteiger partial charge in [-0.25, -0.2) is 4.39 Å². The van der Waals surface area contributed by atoms with Crippen molar-refractivity contribution in [3.8, 4) is 0 Å². The molecule has 0 atom stereocenters. The maximum atomic E-state index is 14.0. The minimum atomic E-state index is -0.699. The lowest BCUT2D eigenvalue weighted by molar-refractivity contribution is -0.385. The SMILES string of the molecule is CCN(C(=O)c1cc([N+](=O)[O-])cc(C)c1F)C(C)C. The quantitative estimate of drug-likeness (QED) is 0.623. The predicted octanol–water partition coefficient (Wildman–Crippen LogP) is 2.91. The largest absolute Gasteiger partial charge is 0.336 e. The standard InChI is InChI=1S/C13H17FN2O3/c1-5-15(8(2)3)13(17)11-7-10(16(18)19)6-9(4)12(11)14/h6-8H,5H2,1-4H3. The number of hydrogen-bond acceptors (Lipinski definition) is 3. The van der Waals surface area contributed by atoms with Crippen LogP contribution in [0.15, 0.2) is 12.1 Å². The van der Waals surface area contributed by atoms with Crippen molar-refractivity contribution in [3.05, 3.63) is 39.2 Å². The van der Waals surface area contributed by atoms with Gasteiger partial charge in [0.05, 0.1) is 10.5 Å². The molecule has 19 heavy (non-hydrogen) atoms. The molecule has 0 unspecified atom stereocenters. The van der Waals surface area contributed by atoms with Gasteiger partial charge in [-0.15, -0.1) is 0 Å². The fourth-order valence-corrected chi connectivity index (χ4v) is 1.91. The molecular weight excluding hydrogens is 251 g/mol. The molecule has 0 saturated heterocycles. The maximum absolute atomic E-state index is 14.0. The molecule has 0 aromatic heterocycles. The predicted molar refractivity (Wildman–Crippen MR) is 69.6 cm³/mol. The Morgan fingerprint density at radius 1 is 1.47 bits per heavy atom. The van der Waals surface area contributed by atoms with E-state index in [1.165, 1.54) is 11.8 Å². The van der Waals surface area contributed by atoms with Gasteiger partial charge >= 0.3 is 0 Å². The summed E-state index contributed by atoms with van der Waals surface area (Å²) in [6, 6.07) is 2.02. The number of nitro groups is 1. The number of carbonyl (C=O) groups excluding carboxylic acids is 1. The van der Waals surface area contributed by atoms with Crippen molar-refractivity contribution in [2.45, 2.75) is 33.7 Å². The average Bonchev–Trinajstić information content (AvgIpc) is 2.32. The van der Waals surface area contributed by atoms with E-state index in [-0.39, 0.29) is 22.9 Å². The first-order valence-electron chi connectivity index (χ1n) is 6.05. The van der Waals surface area contributed by atoms with Crippen molar-refractivity contribution < 1.29 is 14.1 Å². The van der Waals surface area contributed by atoms with Gasteiger partial charge in [0.15, 0.2) is 0 Å². The van der Waals surface area contributed by atoms with Gasteiger partial charge in [-0.05, 0) is 33.3 Å². The van der Waals surface area contributed by atoms with Crippen LogP contribution in [0.2, 0.25) is 0 Å². The molecule has 0 N–H and O–H groups in total. The number of carbonyl (C=O) groups is 1. The molecule has 0 aliphatic carbocycles. The Hall–Kier alpha value is -1.98. The number of nitrogens with zero attached hydrogens (tertiary/aromatic N) is 2. The van der Waals surface area contributed by atoms with Gasteiger partial charge in [-0.2, -0.15) is 0 Å². The molecule has 5 nitrogen and oxygen atoms in total. The minimum absolute atomic E-state index is 0.0948. The van der Waals surface area contributed by atoms with Crippen LogP contribution in [0.3, 0.4) is 0 Å². The van der Waals surface area contributed by atoms with Crippen LogP contribution >= 0.6 is 0 Å². The molecule has 0 fully saturated rings. The van der Waals surface area contributed by atoms with Crippen LogP contribution in [-0.4, -0.2) is 28.3 Å². The summed E-state index contributed by atoms with van der Waals surface area (Å²) in [5.41, 5.74) is -0.429. The summed E-state index contributed by atoms with van der Waals surface area (Å²) in [7, 11) is 0. The Morgan fingerprint density at radius 2 is 2.05 bits per heavy atom. The third-order valence-corrected chi connectivity index (χ3v) is 2.91. The average molecular weight is 268 g/mol. The number of hydrogen-bond donors (Lipinski definition) is 0. The summed E-state index contributed by atoms with van der Waals surface area (Å²) >= 11 is 0. The highest BCUT2D eigenvalue weighted by Gasteiger charge is 2.24. The van der Waals surface area contributed by atoms with Crippen molar-refractivity contribution in [1.82, 2.24) is 4.90 Å². The van der Waals surface area contributed by atoms with Gasteiger partial charge in [0.2, 0.25) is 0 Å². The van der Waals surface area contributed by atoms with Gasteiger partial charge < -0.3 is 4.90 Å². The first kappa shape index (κ1) is 15.1. The number of nitro benzene ring substituents is 1. The Morgan fingerprint density at radius 3 is 2.47 bits per heavy atom. The van der Waals surface area contributed by atoms with Crippen LogP contribution < -0.4 is 0 Å². The van der Waals surface area contributed by atoms with Crippen molar-refractivity contribution in [2.24, 2.45) is 0 Å². The summed E-state index contributed by atoms with van der Waals surface area (Å²) in [6.07, 6.45) is 0. The van der Waals surface area contributed by atoms with E-state index in [0.29, 0.717) is 6.54 Å². The zero-order chi connectivity index (χ0) is 14.7. The molecule has 0 aliphatic rings. The molecule has 0 radical (unpaired) electrons. The summed E-state index contributed by atoms with van der Waals surface area (Å²) in [6.45, 7) is 7.22. The molecule has 0 heterocycles. The molecule has 0 bridgehead atoms.